The van der Waals surface area contributed by atoms with Crippen LogP contribution in [0.5, 0.6) is 5.75 Å². The lowest BCUT2D eigenvalue weighted by Gasteiger charge is -2.09. The van der Waals surface area contributed by atoms with Crippen molar-refractivity contribution < 1.29 is 9.53 Å². The van der Waals surface area contributed by atoms with Gasteiger partial charge in [0, 0.05) is 30.0 Å². The number of amides is 1. The maximum absolute atomic E-state index is 12.3. The van der Waals surface area contributed by atoms with Crippen molar-refractivity contribution in [3.63, 3.8) is 0 Å². The number of nitrogens with one attached hydrogen (secondary N) is 2. The second-order valence-electron chi connectivity index (χ2n) is 6.83. The Morgan fingerprint density at radius 1 is 1.17 bits per heavy atom. The molecule has 2 aromatic carbocycles. The number of ether oxygens (including phenoxy) is 1. The normalized spacial score (nSPS) is 10.6. The molecule has 2 N–H and O–H groups in total. The number of carbonyl (C=O) groups excluding carboxylic acids is 1. The van der Waals surface area contributed by atoms with Crippen molar-refractivity contribution in [2.45, 2.75) is 26.2 Å². The number of para-hydroxylation sites is 1. The van der Waals surface area contributed by atoms with Gasteiger partial charge in [-0.1, -0.05) is 41.9 Å². The number of rotatable bonds is 8. The molecule has 0 aliphatic carbocycles. The number of aryl methyl sites for hydroxylation is 2. The van der Waals surface area contributed by atoms with Crippen LogP contribution < -0.4 is 15.6 Å². The minimum absolute atomic E-state index is 0.152. The average molecular weight is 427 g/mol. The standard InChI is InChI=1S/C22H23ClN4O3/c1-14-7-8-16(13-17(14)23)21-25-22(29)18(26-27-21)9-10-20(28)24-12-11-15-5-3-4-6-19(15)30-2/h3-8,13H,9-12H2,1-2H3,(H,24,28)(H,25,27,29). The van der Waals surface area contributed by atoms with Gasteiger partial charge >= 0.3 is 0 Å². The second-order valence-corrected chi connectivity index (χ2v) is 7.23. The van der Waals surface area contributed by atoms with Gasteiger partial charge in [-0.25, -0.2) is 0 Å². The highest BCUT2D eigenvalue weighted by Gasteiger charge is 2.10. The van der Waals surface area contributed by atoms with Gasteiger partial charge in [0.05, 0.1) is 7.11 Å². The SMILES string of the molecule is COc1ccccc1CCNC(=O)CCc1nnc(-c2ccc(C)c(Cl)c2)[nH]c1=O. The summed E-state index contributed by atoms with van der Waals surface area (Å²) in [7, 11) is 1.62. The molecule has 0 spiro atoms. The zero-order valence-electron chi connectivity index (χ0n) is 16.9. The minimum atomic E-state index is -0.362. The number of hydrogen-bond donors (Lipinski definition) is 2. The summed E-state index contributed by atoms with van der Waals surface area (Å²) in [6.07, 6.45) is 1.01. The summed E-state index contributed by atoms with van der Waals surface area (Å²) in [5.41, 5.74) is 2.49. The lowest BCUT2D eigenvalue weighted by molar-refractivity contribution is -0.121. The third-order valence-corrected chi connectivity index (χ3v) is 5.12. The van der Waals surface area contributed by atoms with Crippen molar-refractivity contribution >= 4 is 17.5 Å². The number of H-pyrrole nitrogens is 1. The van der Waals surface area contributed by atoms with E-state index in [0.717, 1.165) is 16.9 Å². The molecule has 30 heavy (non-hydrogen) atoms. The molecule has 0 saturated carbocycles. The van der Waals surface area contributed by atoms with Crippen LogP contribution in [0.4, 0.5) is 0 Å². The van der Waals surface area contributed by atoms with Crippen LogP contribution in [0.3, 0.4) is 0 Å². The molecule has 1 amide bonds. The predicted molar refractivity (Wildman–Crippen MR) is 116 cm³/mol. The Balaban J connectivity index is 1.53. The first-order chi connectivity index (χ1) is 14.5. The van der Waals surface area contributed by atoms with Crippen LogP contribution in [0, 0.1) is 6.92 Å². The zero-order chi connectivity index (χ0) is 21.5. The van der Waals surface area contributed by atoms with Gasteiger partial charge in [-0.3, -0.25) is 9.59 Å². The summed E-state index contributed by atoms with van der Waals surface area (Å²) in [4.78, 5) is 27.1. The molecule has 0 saturated heterocycles. The van der Waals surface area contributed by atoms with E-state index in [2.05, 4.69) is 20.5 Å². The van der Waals surface area contributed by atoms with E-state index in [-0.39, 0.29) is 30.0 Å². The number of benzene rings is 2. The topological polar surface area (TPSA) is 97.0 Å². The van der Waals surface area contributed by atoms with Crippen molar-refractivity contribution in [2.24, 2.45) is 0 Å². The molecular formula is C22H23ClN4O3. The van der Waals surface area contributed by atoms with Crippen LogP contribution in [0.2, 0.25) is 5.02 Å². The highest BCUT2D eigenvalue weighted by molar-refractivity contribution is 6.31. The summed E-state index contributed by atoms with van der Waals surface area (Å²) in [6.45, 7) is 2.37. The Kier molecular flexibility index (Phi) is 7.19. The van der Waals surface area contributed by atoms with Crippen LogP contribution in [-0.2, 0) is 17.6 Å². The van der Waals surface area contributed by atoms with Gasteiger partial charge in [-0.2, -0.15) is 0 Å². The van der Waals surface area contributed by atoms with E-state index in [0.29, 0.717) is 29.4 Å². The van der Waals surface area contributed by atoms with Crippen molar-refractivity contribution in [1.29, 1.82) is 0 Å². The molecule has 0 aliphatic heterocycles. The number of carbonyl (C=O) groups is 1. The summed E-state index contributed by atoms with van der Waals surface area (Å²) < 4.78 is 5.30. The Hall–Kier alpha value is -3.19. The van der Waals surface area contributed by atoms with Gasteiger partial charge in [0.2, 0.25) is 5.91 Å². The van der Waals surface area contributed by atoms with Crippen LogP contribution in [-0.4, -0.2) is 34.7 Å². The first-order valence-electron chi connectivity index (χ1n) is 9.59. The van der Waals surface area contributed by atoms with E-state index in [1.54, 1.807) is 13.2 Å². The summed E-state index contributed by atoms with van der Waals surface area (Å²) >= 11 is 6.13. The second kappa shape index (κ2) is 10.0. The number of nitrogens with zero attached hydrogens (tertiary/aromatic N) is 2. The zero-order valence-corrected chi connectivity index (χ0v) is 17.6. The van der Waals surface area contributed by atoms with Crippen molar-refractivity contribution in [3.05, 3.63) is 74.7 Å². The predicted octanol–water partition coefficient (Wildman–Crippen LogP) is 3.09. The Morgan fingerprint density at radius 3 is 2.70 bits per heavy atom. The largest absolute Gasteiger partial charge is 0.496 e. The van der Waals surface area contributed by atoms with E-state index in [4.69, 9.17) is 16.3 Å². The maximum atomic E-state index is 12.3. The highest BCUT2D eigenvalue weighted by Crippen LogP contribution is 2.22. The van der Waals surface area contributed by atoms with E-state index < -0.39 is 0 Å². The van der Waals surface area contributed by atoms with E-state index in [1.807, 2.05) is 43.3 Å². The fraction of sp³-hybridized carbons (Fsp3) is 0.273. The summed E-state index contributed by atoms with van der Waals surface area (Å²) in [5.74, 6) is 0.982. The molecule has 3 rings (SSSR count). The van der Waals surface area contributed by atoms with Gasteiger partial charge < -0.3 is 15.0 Å². The van der Waals surface area contributed by atoms with Gasteiger partial charge in [-0.15, -0.1) is 10.2 Å². The number of methoxy groups -OCH3 is 1. The first kappa shape index (κ1) is 21.5. The van der Waals surface area contributed by atoms with E-state index in [1.165, 1.54) is 0 Å². The minimum Gasteiger partial charge on any atom is -0.496 e. The number of aromatic amines is 1. The van der Waals surface area contributed by atoms with E-state index in [9.17, 15) is 9.59 Å². The van der Waals surface area contributed by atoms with Crippen LogP contribution in [0.25, 0.3) is 11.4 Å². The number of hydrogen-bond acceptors (Lipinski definition) is 5. The quantitative estimate of drug-likeness (QED) is 0.577. The van der Waals surface area contributed by atoms with Crippen molar-refractivity contribution in [2.75, 3.05) is 13.7 Å². The molecule has 0 unspecified atom stereocenters. The lowest BCUT2D eigenvalue weighted by atomic mass is 10.1. The Morgan fingerprint density at radius 2 is 1.97 bits per heavy atom. The van der Waals surface area contributed by atoms with Crippen molar-refractivity contribution in [3.8, 4) is 17.1 Å². The molecular weight excluding hydrogens is 404 g/mol. The molecule has 3 aromatic rings. The highest BCUT2D eigenvalue weighted by atomic mass is 35.5. The average Bonchev–Trinajstić information content (AvgIpc) is 2.75. The summed E-state index contributed by atoms with van der Waals surface area (Å²) in [5, 5.41) is 11.5. The van der Waals surface area contributed by atoms with Crippen LogP contribution in [0.15, 0.2) is 47.3 Å². The molecule has 156 valence electrons. The van der Waals surface area contributed by atoms with Gasteiger partial charge in [0.15, 0.2) is 5.82 Å². The van der Waals surface area contributed by atoms with Crippen LogP contribution >= 0.6 is 11.6 Å². The molecule has 0 bridgehead atoms. The Labute approximate surface area is 179 Å². The third kappa shape index (κ3) is 5.45. The smallest absolute Gasteiger partial charge is 0.273 e. The van der Waals surface area contributed by atoms with E-state index >= 15 is 0 Å². The third-order valence-electron chi connectivity index (χ3n) is 4.71. The molecule has 0 aliphatic rings. The van der Waals surface area contributed by atoms with Crippen LogP contribution in [0.1, 0.15) is 23.2 Å². The number of halogens is 1. The maximum Gasteiger partial charge on any atom is 0.273 e. The lowest BCUT2D eigenvalue weighted by Crippen LogP contribution is -2.27. The molecule has 0 radical (unpaired) electrons. The number of aromatic nitrogens is 3. The van der Waals surface area contributed by atoms with Gasteiger partial charge in [0.1, 0.15) is 11.4 Å². The fourth-order valence-electron chi connectivity index (χ4n) is 2.96. The molecule has 1 aromatic heterocycles. The molecule has 7 nitrogen and oxygen atoms in total. The monoisotopic (exact) mass is 426 g/mol. The van der Waals surface area contributed by atoms with Crippen molar-refractivity contribution in [1.82, 2.24) is 20.5 Å². The Bertz CT molecular complexity index is 1100. The fourth-order valence-corrected chi connectivity index (χ4v) is 3.14. The van der Waals surface area contributed by atoms with Gasteiger partial charge in [0.25, 0.3) is 5.56 Å². The molecule has 8 heteroatoms. The first-order valence-corrected chi connectivity index (χ1v) is 9.96. The summed E-state index contributed by atoms with van der Waals surface area (Å²) in [6, 6.07) is 13.1. The molecule has 0 fully saturated rings. The van der Waals surface area contributed by atoms with Gasteiger partial charge in [-0.05, 0) is 36.6 Å². The molecule has 0 atom stereocenters. The molecule has 1 heterocycles.